The maximum Gasteiger partial charge on any atom is 0.294 e. The molecule has 8 nitrogen and oxygen atoms in total. The van der Waals surface area contributed by atoms with E-state index in [1.54, 1.807) is 13.8 Å². The van der Waals surface area contributed by atoms with Gasteiger partial charge in [-0.2, -0.15) is 0 Å². The zero-order chi connectivity index (χ0) is 11.1. The molecular weight excluding hydrogens is 196 g/mol. The fourth-order valence-corrected chi connectivity index (χ4v) is 1.03. The molecule has 8 heteroatoms. The molecule has 0 amide bonds. The molecule has 0 bridgehead atoms. The SMILES string of the molecule is CCC(O[N+](=O)[O-])C(CC)O[N+](=O)[O-]. The van der Waals surface area contributed by atoms with Gasteiger partial charge in [-0.25, -0.2) is 0 Å². The summed E-state index contributed by atoms with van der Waals surface area (Å²) < 4.78 is 0. The first-order valence-corrected chi connectivity index (χ1v) is 4.13. The minimum absolute atomic E-state index is 0.271. The monoisotopic (exact) mass is 208 g/mol. The summed E-state index contributed by atoms with van der Waals surface area (Å²) in [6, 6.07) is 0. The van der Waals surface area contributed by atoms with Crippen LogP contribution in [0.4, 0.5) is 0 Å². The molecule has 0 aliphatic heterocycles. The van der Waals surface area contributed by atoms with Crippen LogP contribution in [0.2, 0.25) is 0 Å². The van der Waals surface area contributed by atoms with Gasteiger partial charge in [0.15, 0.2) is 0 Å². The molecule has 0 rings (SSSR count). The summed E-state index contributed by atoms with van der Waals surface area (Å²) in [6.07, 6.45) is -1.26. The molecular formula is C6H12N2O6. The molecule has 0 aromatic carbocycles. The summed E-state index contributed by atoms with van der Waals surface area (Å²) in [4.78, 5) is 28.6. The third kappa shape index (κ3) is 4.43. The lowest BCUT2D eigenvalue weighted by molar-refractivity contribution is -0.799. The number of rotatable bonds is 7. The molecule has 14 heavy (non-hydrogen) atoms. The van der Waals surface area contributed by atoms with E-state index in [0.29, 0.717) is 0 Å². The molecule has 0 saturated heterocycles. The van der Waals surface area contributed by atoms with Crippen molar-refractivity contribution in [1.29, 1.82) is 0 Å². The minimum Gasteiger partial charge on any atom is -0.308 e. The molecule has 0 aliphatic carbocycles. The fourth-order valence-electron chi connectivity index (χ4n) is 1.03. The maximum absolute atomic E-state index is 10.0. The van der Waals surface area contributed by atoms with E-state index < -0.39 is 22.4 Å². The summed E-state index contributed by atoms with van der Waals surface area (Å²) in [5, 5.41) is 18.1. The number of hydrogen-bond donors (Lipinski definition) is 0. The highest BCUT2D eigenvalue weighted by Gasteiger charge is 2.25. The van der Waals surface area contributed by atoms with E-state index in [9.17, 15) is 20.2 Å². The van der Waals surface area contributed by atoms with Gasteiger partial charge in [0.05, 0.1) is 0 Å². The Morgan fingerprint density at radius 3 is 1.43 bits per heavy atom. The van der Waals surface area contributed by atoms with Crippen molar-refractivity contribution in [3.63, 3.8) is 0 Å². The van der Waals surface area contributed by atoms with E-state index in [0.717, 1.165) is 0 Å². The van der Waals surface area contributed by atoms with Gasteiger partial charge in [0.2, 0.25) is 0 Å². The van der Waals surface area contributed by atoms with Crippen molar-refractivity contribution in [2.45, 2.75) is 38.9 Å². The maximum atomic E-state index is 10.0. The van der Waals surface area contributed by atoms with Crippen LogP contribution in [0.3, 0.4) is 0 Å². The van der Waals surface area contributed by atoms with Crippen molar-refractivity contribution in [3.8, 4) is 0 Å². The average molecular weight is 208 g/mol. The summed E-state index contributed by atoms with van der Waals surface area (Å²) in [5.74, 6) is 0. The Labute approximate surface area is 80.0 Å². The number of hydrogen-bond acceptors (Lipinski definition) is 6. The van der Waals surface area contributed by atoms with Crippen LogP contribution in [0, 0.1) is 20.2 Å². The smallest absolute Gasteiger partial charge is 0.294 e. The quantitative estimate of drug-likeness (QED) is 0.455. The molecule has 0 aliphatic rings. The van der Waals surface area contributed by atoms with Gasteiger partial charge < -0.3 is 9.68 Å². The lowest BCUT2D eigenvalue weighted by Crippen LogP contribution is -2.34. The molecule has 0 aromatic rings. The zero-order valence-corrected chi connectivity index (χ0v) is 7.91. The van der Waals surface area contributed by atoms with Gasteiger partial charge in [-0.1, -0.05) is 13.8 Å². The van der Waals surface area contributed by atoms with Crippen LogP contribution < -0.4 is 0 Å². The molecule has 0 aromatic heterocycles. The largest absolute Gasteiger partial charge is 0.308 e. The lowest BCUT2D eigenvalue weighted by Gasteiger charge is -2.20. The van der Waals surface area contributed by atoms with Crippen molar-refractivity contribution >= 4 is 0 Å². The third-order valence-electron chi connectivity index (χ3n) is 1.66. The highest BCUT2D eigenvalue weighted by molar-refractivity contribution is 4.64. The summed E-state index contributed by atoms with van der Waals surface area (Å²) in [5.41, 5.74) is 0. The molecule has 0 saturated carbocycles. The van der Waals surface area contributed by atoms with E-state index in [1.807, 2.05) is 0 Å². The van der Waals surface area contributed by atoms with Crippen LogP contribution in [0.1, 0.15) is 26.7 Å². The summed E-state index contributed by atoms with van der Waals surface area (Å²) in [6.45, 7) is 3.25. The van der Waals surface area contributed by atoms with Crippen molar-refractivity contribution < 1.29 is 19.8 Å². The Kier molecular flexibility index (Phi) is 5.27. The normalized spacial score (nSPS) is 14.1. The van der Waals surface area contributed by atoms with Crippen molar-refractivity contribution in [3.05, 3.63) is 20.2 Å². The van der Waals surface area contributed by atoms with Crippen LogP contribution in [-0.2, 0) is 9.68 Å². The van der Waals surface area contributed by atoms with Crippen LogP contribution in [0.25, 0.3) is 0 Å². The first-order valence-electron chi connectivity index (χ1n) is 4.13. The second-order valence-electron chi connectivity index (χ2n) is 2.55. The van der Waals surface area contributed by atoms with Crippen LogP contribution in [0.5, 0.6) is 0 Å². The van der Waals surface area contributed by atoms with Gasteiger partial charge in [0, 0.05) is 0 Å². The Hall–Kier alpha value is -1.60. The average Bonchev–Trinajstić information content (AvgIpc) is 2.10. The van der Waals surface area contributed by atoms with E-state index in [-0.39, 0.29) is 12.8 Å². The molecule has 0 heterocycles. The fraction of sp³-hybridized carbons (Fsp3) is 1.00. The Morgan fingerprint density at radius 2 is 1.29 bits per heavy atom. The lowest BCUT2D eigenvalue weighted by atomic mass is 10.1. The van der Waals surface area contributed by atoms with Gasteiger partial charge in [-0.15, -0.1) is 20.2 Å². The third-order valence-corrected chi connectivity index (χ3v) is 1.66. The van der Waals surface area contributed by atoms with Crippen molar-refractivity contribution in [1.82, 2.24) is 0 Å². The molecule has 2 atom stereocenters. The van der Waals surface area contributed by atoms with Crippen LogP contribution in [-0.4, -0.2) is 22.4 Å². The Balaban J connectivity index is 4.28. The van der Waals surface area contributed by atoms with Crippen molar-refractivity contribution in [2.24, 2.45) is 0 Å². The Bertz CT molecular complexity index is 186. The van der Waals surface area contributed by atoms with Gasteiger partial charge in [-0.05, 0) is 12.8 Å². The molecule has 0 fully saturated rings. The summed E-state index contributed by atoms with van der Waals surface area (Å²) in [7, 11) is 0. The first-order chi connectivity index (χ1) is 6.51. The van der Waals surface area contributed by atoms with Crippen LogP contribution in [0.15, 0.2) is 0 Å². The molecule has 2 unspecified atom stereocenters. The van der Waals surface area contributed by atoms with Crippen LogP contribution >= 0.6 is 0 Å². The molecule has 0 radical (unpaired) electrons. The zero-order valence-electron chi connectivity index (χ0n) is 7.91. The van der Waals surface area contributed by atoms with E-state index >= 15 is 0 Å². The van der Waals surface area contributed by atoms with Gasteiger partial charge in [0.25, 0.3) is 10.2 Å². The van der Waals surface area contributed by atoms with Gasteiger partial charge in [0.1, 0.15) is 12.2 Å². The molecule has 0 N–H and O–H groups in total. The molecule has 82 valence electrons. The molecule has 0 spiro atoms. The Morgan fingerprint density at radius 1 is 1.00 bits per heavy atom. The summed E-state index contributed by atoms with van der Waals surface area (Å²) >= 11 is 0. The second-order valence-corrected chi connectivity index (χ2v) is 2.55. The minimum atomic E-state index is -0.972. The first kappa shape index (κ1) is 12.4. The highest BCUT2D eigenvalue weighted by Crippen LogP contribution is 2.12. The predicted octanol–water partition coefficient (Wildman–Crippen LogP) is 0.960. The van der Waals surface area contributed by atoms with Gasteiger partial charge in [-0.3, -0.25) is 0 Å². The standard InChI is InChI=1S/C6H12N2O6/c1-3-5(13-7(9)10)6(4-2)14-8(11)12/h5-6H,3-4H2,1-2H3. The van der Waals surface area contributed by atoms with E-state index in [1.165, 1.54) is 0 Å². The van der Waals surface area contributed by atoms with Gasteiger partial charge >= 0.3 is 0 Å². The second kappa shape index (κ2) is 5.95. The number of nitrogens with zero attached hydrogens (tertiary/aromatic N) is 2. The van der Waals surface area contributed by atoms with E-state index in [2.05, 4.69) is 9.68 Å². The predicted molar refractivity (Wildman–Crippen MR) is 44.3 cm³/mol. The highest BCUT2D eigenvalue weighted by atomic mass is 17.0. The van der Waals surface area contributed by atoms with Crippen molar-refractivity contribution in [2.75, 3.05) is 0 Å². The van der Waals surface area contributed by atoms with E-state index in [4.69, 9.17) is 0 Å². The topological polar surface area (TPSA) is 105 Å².